The van der Waals surface area contributed by atoms with Crippen LogP contribution in [0.4, 0.5) is 0 Å². The fraction of sp³-hybridized carbons (Fsp3) is 0.308. The standard InChI is InChI=1S/C13H15ClN2S/c1-2-16(8-11-6-4-3-5-7-11)9-12-10-17-13(14)15-12/h3-7,10H,2,8-9H2,1H3. The molecule has 2 nitrogen and oxygen atoms in total. The minimum absolute atomic E-state index is 0.621. The summed E-state index contributed by atoms with van der Waals surface area (Å²) in [5.74, 6) is 0. The van der Waals surface area contributed by atoms with Crippen LogP contribution in [-0.4, -0.2) is 16.4 Å². The van der Waals surface area contributed by atoms with Crippen LogP contribution >= 0.6 is 22.9 Å². The van der Waals surface area contributed by atoms with E-state index in [4.69, 9.17) is 11.6 Å². The lowest BCUT2D eigenvalue weighted by molar-refractivity contribution is 0.268. The van der Waals surface area contributed by atoms with E-state index in [1.54, 1.807) is 0 Å². The third kappa shape index (κ3) is 3.80. The van der Waals surface area contributed by atoms with E-state index in [-0.39, 0.29) is 0 Å². The molecule has 0 aliphatic heterocycles. The highest BCUT2D eigenvalue weighted by molar-refractivity contribution is 7.13. The summed E-state index contributed by atoms with van der Waals surface area (Å²) < 4.78 is 0.621. The molecule has 2 aromatic rings. The van der Waals surface area contributed by atoms with Crippen LogP contribution in [0.5, 0.6) is 0 Å². The van der Waals surface area contributed by atoms with Gasteiger partial charge in [0.15, 0.2) is 4.47 Å². The summed E-state index contributed by atoms with van der Waals surface area (Å²) in [4.78, 5) is 6.63. The fourth-order valence-corrected chi connectivity index (χ4v) is 2.48. The molecule has 0 unspecified atom stereocenters. The molecule has 0 bridgehead atoms. The van der Waals surface area contributed by atoms with Gasteiger partial charge in [-0.1, -0.05) is 48.9 Å². The van der Waals surface area contributed by atoms with Crippen molar-refractivity contribution in [3.8, 4) is 0 Å². The zero-order chi connectivity index (χ0) is 12.1. The Balaban J connectivity index is 1.98. The zero-order valence-electron chi connectivity index (χ0n) is 9.77. The van der Waals surface area contributed by atoms with Gasteiger partial charge >= 0.3 is 0 Å². The second-order valence-corrected chi connectivity index (χ2v) is 5.32. The molecule has 0 amide bonds. The average Bonchev–Trinajstić information content (AvgIpc) is 2.75. The van der Waals surface area contributed by atoms with Crippen LogP contribution < -0.4 is 0 Å². The number of hydrogen-bond donors (Lipinski definition) is 0. The maximum atomic E-state index is 5.84. The van der Waals surface area contributed by atoms with Gasteiger partial charge in [-0.3, -0.25) is 4.90 Å². The molecule has 4 heteroatoms. The Labute approximate surface area is 111 Å². The Morgan fingerprint density at radius 3 is 2.59 bits per heavy atom. The number of rotatable bonds is 5. The summed E-state index contributed by atoms with van der Waals surface area (Å²) in [5.41, 5.74) is 2.38. The molecular formula is C13H15ClN2S. The molecule has 0 N–H and O–H groups in total. The molecule has 2 rings (SSSR count). The molecule has 90 valence electrons. The fourth-order valence-electron chi connectivity index (χ4n) is 1.71. The van der Waals surface area contributed by atoms with Gasteiger partial charge in [0.25, 0.3) is 0 Å². The van der Waals surface area contributed by atoms with Gasteiger partial charge in [0.1, 0.15) is 0 Å². The van der Waals surface area contributed by atoms with E-state index in [0.29, 0.717) is 4.47 Å². The Morgan fingerprint density at radius 2 is 2.00 bits per heavy atom. The van der Waals surface area contributed by atoms with Gasteiger partial charge in [0, 0.05) is 18.5 Å². The predicted octanol–water partition coefficient (Wildman–Crippen LogP) is 3.82. The molecule has 0 saturated heterocycles. The molecule has 1 aromatic carbocycles. The molecule has 0 aliphatic rings. The summed E-state index contributed by atoms with van der Waals surface area (Å²) in [6.07, 6.45) is 0. The lowest BCUT2D eigenvalue weighted by Gasteiger charge is -2.19. The number of hydrogen-bond acceptors (Lipinski definition) is 3. The van der Waals surface area contributed by atoms with Gasteiger partial charge in [0.2, 0.25) is 0 Å². The van der Waals surface area contributed by atoms with Crippen LogP contribution in [0.15, 0.2) is 35.7 Å². The summed E-state index contributed by atoms with van der Waals surface area (Å²) >= 11 is 7.33. The van der Waals surface area contributed by atoms with Gasteiger partial charge in [-0.05, 0) is 12.1 Å². The Hall–Kier alpha value is -0.900. The average molecular weight is 267 g/mol. The van der Waals surface area contributed by atoms with E-state index in [0.717, 1.165) is 25.3 Å². The largest absolute Gasteiger partial charge is 0.294 e. The first-order valence-electron chi connectivity index (χ1n) is 5.64. The van der Waals surface area contributed by atoms with Crippen LogP contribution in [0.3, 0.4) is 0 Å². The topological polar surface area (TPSA) is 16.1 Å². The van der Waals surface area contributed by atoms with Gasteiger partial charge in [0.05, 0.1) is 5.69 Å². The smallest absolute Gasteiger partial charge is 0.183 e. The van der Waals surface area contributed by atoms with Crippen molar-refractivity contribution >= 4 is 22.9 Å². The van der Waals surface area contributed by atoms with Crippen molar-refractivity contribution in [3.05, 3.63) is 51.4 Å². The Bertz CT molecular complexity index is 455. The molecule has 0 fully saturated rings. The van der Waals surface area contributed by atoms with Crippen LogP contribution in [0.2, 0.25) is 4.47 Å². The molecule has 0 saturated carbocycles. The summed E-state index contributed by atoms with van der Waals surface area (Å²) in [5, 5.41) is 2.02. The molecule has 0 radical (unpaired) electrons. The van der Waals surface area contributed by atoms with Crippen molar-refractivity contribution in [1.29, 1.82) is 0 Å². The second kappa shape index (κ2) is 6.15. The third-order valence-electron chi connectivity index (χ3n) is 2.61. The first-order valence-corrected chi connectivity index (χ1v) is 6.90. The Kier molecular flexibility index (Phi) is 4.54. The van der Waals surface area contributed by atoms with Crippen molar-refractivity contribution in [2.24, 2.45) is 0 Å². The van der Waals surface area contributed by atoms with Gasteiger partial charge in [-0.15, -0.1) is 11.3 Å². The highest BCUT2D eigenvalue weighted by atomic mass is 35.5. The highest BCUT2D eigenvalue weighted by Crippen LogP contribution is 2.17. The van der Waals surface area contributed by atoms with Gasteiger partial charge in [-0.2, -0.15) is 0 Å². The molecular weight excluding hydrogens is 252 g/mol. The van der Waals surface area contributed by atoms with Crippen LogP contribution in [0, 0.1) is 0 Å². The van der Waals surface area contributed by atoms with Crippen molar-refractivity contribution in [1.82, 2.24) is 9.88 Å². The van der Waals surface area contributed by atoms with Gasteiger partial charge in [-0.25, -0.2) is 4.98 Å². The van der Waals surface area contributed by atoms with E-state index < -0.39 is 0 Å². The quantitative estimate of drug-likeness (QED) is 0.818. The van der Waals surface area contributed by atoms with Crippen LogP contribution in [-0.2, 0) is 13.1 Å². The first-order chi connectivity index (χ1) is 8.28. The number of nitrogens with zero attached hydrogens (tertiary/aromatic N) is 2. The van der Waals surface area contributed by atoms with E-state index in [1.165, 1.54) is 16.9 Å². The van der Waals surface area contributed by atoms with E-state index in [2.05, 4.69) is 41.1 Å². The SMILES string of the molecule is CCN(Cc1ccccc1)Cc1csc(Cl)n1. The maximum absolute atomic E-state index is 5.84. The minimum Gasteiger partial charge on any atom is -0.294 e. The van der Waals surface area contributed by atoms with Crippen LogP contribution in [0.25, 0.3) is 0 Å². The van der Waals surface area contributed by atoms with Crippen molar-refractivity contribution in [2.75, 3.05) is 6.54 Å². The number of halogens is 1. The van der Waals surface area contributed by atoms with E-state index in [1.807, 2.05) is 11.4 Å². The summed E-state index contributed by atoms with van der Waals surface area (Å²) in [7, 11) is 0. The minimum atomic E-state index is 0.621. The van der Waals surface area contributed by atoms with E-state index >= 15 is 0 Å². The zero-order valence-corrected chi connectivity index (χ0v) is 11.3. The molecule has 0 atom stereocenters. The van der Waals surface area contributed by atoms with Crippen LogP contribution in [0.1, 0.15) is 18.2 Å². The normalized spacial score (nSPS) is 11.0. The number of benzene rings is 1. The monoisotopic (exact) mass is 266 g/mol. The molecule has 17 heavy (non-hydrogen) atoms. The summed E-state index contributed by atoms with van der Waals surface area (Å²) in [6.45, 7) is 4.97. The third-order valence-corrected chi connectivity index (χ3v) is 3.63. The lowest BCUT2D eigenvalue weighted by Crippen LogP contribution is -2.22. The summed E-state index contributed by atoms with van der Waals surface area (Å²) in [6, 6.07) is 10.5. The number of aromatic nitrogens is 1. The molecule has 0 spiro atoms. The lowest BCUT2D eigenvalue weighted by atomic mass is 10.2. The first kappa shape index (κ1) is 12.6. The van der Waals surface area contributed by atoms with E-state index in [9.17, 15) is 0 Å². The van der Waals surface area contributed by atoms with Crippen molar-refractivity contribution in [3.63, 3.8) is 0 Å². The molecule has 1 heterocycles. The number of thiazole rings is 1. The maximum Gasteiger partial charge on any atom is 0.183 e. The van der Waals surface area contributed by atoms with Crippen molar-refractivity contribution in [2.45, 2.75) is 20.0 Å². The highest BCUT2D eigenvalue weighted by Gasteiger charge is 2.07. The second-order valence-electron chi connectivity index (χ2n) is 3.88. The Morgan fingerprint density at radius 1 is 1.24 bits per heavy atom. The molecule has 1 aromatic heterocycles. The molecule has 0 aliphatic carbocycles. The van der Waals surface area contributed by atoms with Crippen molar-refractivity contribution < 1.29 is 0 Å². The van der Waals surface area contributed by atoms with Gasteiger partial charge < -0.3 is 0 Å². The predicted molar refractivity (Wildman–Crippen MR) is 73.4 cm³/mol.